The number of anilines is 1. The molecule has 3 amide bonds. The molecule has 1 aromatic heterocycles. The zero-order chi connectivity index (χ0) is 29.2. The van der Waals surface area contributed by atoms with Gasteiger partial charge in [0.2, 0.25) is 0 Å². The summed E-state index contributed by atoms with van der Waals surface area (Å²) < 4.78 is 2.07. The molecule has 2 aliphatic heterocycles. The highest BCUT2D eigenvalue weighted by Gasteiger charge is 2.36. The first-order valence-corrected chi connectivity index (χ1v) is 14.4. The van der Waals surface area contributed by atoms with Gasteiger partial charge in [0.05, 0.1) is 11.0 Å². The summed E-state index contributed by atoms with van der Waals surface area (Å²) in [6.07, 6.45) is 3.19. The van der Waals surface area contributed by atoms with E-state index in [1.54, 1.807) is 0 Å². The van der Waals surface area contributed by atoms with E-state index in [-0.39, 0.29) is 36.2 Å². The van der Waals surface area contributed by atoms with Crippen LogP contribution in [0.25, 0.3) is 11.0 Å². The summed E-state index contributed by atoms with van der Waals surface area (Å²) in [4.78, 5) is 34.9. The van der Waals surface area contributed by atoms with Gasteiger partial charge in [0.1, 0.15) is 11.7 Å². The molecule has 0 atom stereocenters. The molecule has 2 saturated heterocycles. The second-order valence-corrected chi connectivity index (χ2v) is 11.0. The summed E-state index contributed by atoms with van der Waals surface area (Å²) in [7, 11) is 2.00. The van der Waals surface area contributed by atoms with E-state index in [1.165, 1.54) is 0 Å². The lowest BCUT2D eigenvalue weighted by molar-refractivity contribution is 0.0661. The van der Waals surface area contributed by atoms with Gasteiger partial charge in [-0.25, -0.2) is 14.8 Å². The molecule has 3 heterocycles. The summed E-state index contributed by atoms with van der Waals surface area (Å²) >= 11 is 0. The van der Waals surface area contributed by atoms with Crippen LogP contribution in [0.15, 0.2) is 72.8 Å². The minimum absolute atomic E-state index is 0. The molecule has 11 heteroatoms. The molecular formula is C32H37ClN8O2. The fraction of sp³-hybridized carbons (Fsp3) is 0.312. The number of hydrogen-bond donors (Lipinski definition) is 3. The number of benzene rings is 3. The first-order valence-electron chi connectivity index (χ1n) is 14.4. The van der Waals surface area contributed by atoms with Gasteiger partial charge in [-0.1, -0.05) is 42.5 Å². The Labute approximate surface area is 257 Å². The molecule has 4 N–H and O–H groups in total. The van der Waals surface area contributed by atoms with Crippen molar-refractivity contribution in [2.45, 2.75) is 31.7 Å². The Balaban J connectivity index is 0.00000368. The molecule has 2 fully saturated rings. The number of nitrogens with two attached hydrogens (primary N) is 1. The Morgan fingerprint density at radius 3 is 2.35 bits per heavy atom. The van der Waals surface area contributed by atoms with Gasteiger partial charge in [-0.05, 0) is 55.2 Å². The van der Waals surface area contributed by atoms with Crippen LogP contribution in [-0.4, -0.2) is 69.5 Å². The smallest absolute Gasteiger partial charge is 0.324 e. The molecule has 10 nitrogen and oxygen atoms in total. The summed E-state index contributed by atoms with van der Waals surface area (Å²) in [5, 5.41) is 9.51. The van der Waals surface area contributed by atoms with Crippen molar-refractivity contribution < 1.29 is 9.59 Å². The van der Waals surface area contributed by atoms with Crippen LogP contribution in [0.3, 0.4) is 0 Å². The van der Waals surface area contributed by atoms with Gasteiger partial charge in [0.15, 0.2) is 0 Å². The van der Waals surface area contributed by atoms with E-state index in [4.69, 9.17) is 16.1 Å². The van der Waals surface area contributed by atoms with Crippen molar-refractivity contribution in [1.29, 1.82) is 5.41 Å². The average Bonchev–Trinajstić information content (AvgIpc) is 3.55. The number of amidine groups is 1. The molecule has 6 rings (SSSR count). The zero-order valence-corrected chi connectivity index (χ0v) is 25.0. The lowest BCUT2D eigenvalue weighted by atomic mass is 10.0. The molecule has 0 saturated carbocycles. The Bertz CT molecular complexity index is 1610. The highest BCUT2D eigenvalue weighted by molar-refractivity contribution is 5.97. The molecule has 0 aliphatic carbocycles. The molecule has 43 heavy (non-hydrogen) atoms. The minimum Gasteiger partial charge on any atom is -0.384 e. The summed E-state index contributed by atoms with van der Waals surface area (Å²) in [6, 6.07) is 23.4. The molecule has 4 aromatic rings. The van der Waals surface area contributed by atoms with Gasteiger partial charge in [0, 0.05) is 62.5 Å². The van der Waals surface area contributed by atoms with Gasteiger partial charge in [-0.2, -0.15) is 0 Å². The number of hydrazine groups is 1. The lowest BCUT2D eigenvalue weighted by Gasteiger charge is -2.36. The molecule has 0 unspecified atom stereocenters. The summed E-state index contributed by atoms with van der Waals surface area (Å²) in [5.41, 5.74) is 13.8. The Morgan fingerprint density at radius 2 is 1.65 bits per heavy atom. The van der Waals surface area contributed by atoms with Crippen molar-refractivity contribution in [1.82, 2.24) is 24.9 Å². The van der Waals surface area contributed by atoms with Crippen LogP contribution >= 0.6 is 12.4 Å². The Hall–Kier alpha value is -4.41. The second kappa shape index (κ2) is 12.8. The number of nitrogen functional groups attached to an aromatic ring is 1. The number of nitrogens with one attached hydrogen (secondary N) is 2. The number of aryl methyl sites for hydroxylation is 3. The number of halogens is 1. The number of carbonyl (C=O) groups is 2. The van der Waals surface area contributed by atoms with Crippen LogP contribution in [0.4, 0.5) is 10.5 Å². The molecule has 0 spiro atoms. The van der Waals surface area contributed by atoms with E-state index in [0.29, 0.717) is 30.8 Å². The van der Waals surface area contributed by atoms with Gasteiger partial charge >= 0.3 is 6.03 Å². The lowest BCUT2D eigenvalue weighted by Crippen LogP contribution is -2.51. The van der Waals surface area contributed by atoms with E-state index in [9.17, 15) is 9.59 Å². The fourth-order valence-electron chi connectivity index (χ4n) is 5.96. The second-order valence-electron chi connectivity index (χ2n) is 11.0. The minimum atomic E-state index is -0.152. The SMILES string of the molecule is Cl.Cn1c(CCc2ccc(C(=N)N)cc2)nc2cc(C(=O)NN3CCC(N4CCN(c5ccccc5)C4=O)CC3)ccc21. The topological polar surface area (TPSA) is 124 Å². The van der Waals surface area contributed by atoms with Crippen molar-refractivity contribution in [2.75, 3.05) is 31.1 Å². The number of urea groups is 1. The van der Waals surface area contributed by atoms with Crippen LogP contribution < -0.4 is 16.1 Å². The van der Waals surface area contributed by atoms with E-state index >= 15 is 0 Å². The number of para-hydroxylation sites is 1. The number of fused-ring (bicyclic) bond motifs is 1. The average molecular weight is 601 g/mol. The van der Waals surface area contributed by atoms with Crippen molar-refractivity contribution in [3.05, 3.63) is 95.3 Å². The van der Waals surface area contributed by atoms with Crippen molar-refractivity contribution >= 4 is 46.9 Å². The normalized spacial score (nSPS) is 16.0. The number of nitrogens with zero attached hydrogens (tertiary/aromatic N) is 5. The number of imidazole rings is 1. The van der Waals surface area contributed by atoms with Crippen molar-refractivity contribution in [2.24, 2.45) is 12.8 Å². The van der Waals surface area contributed by atoms with Crippen LogP contribution in [0.1, 0.15) is 40.2 Å². The molecule has 2 aliphatic rings. The van der Waals surface area contributed by atoms with Gasteiger partial charge < -0.3 is 15.2 Å². The monoisotopic (exact) mass is 600 g/mol. The third-order valence-electron chi connectivity index (χ3n) is 8.41. The van der Waals surface area contributed by atoms with Gasteiger partial charge in [-0.15, -0.1) is 12.4 Å². The molecule has 0 bridgehead atoms. The predicted octanol–water partition coefficient (Wildman–Crippen LogP) is 4.12. The predicted molar refractivity (Wildman–Crippen MR) is 171 cm³/mol. The highest BCUT2D eigenvalue weighted by Crippen LogP contribution is 2.25. The van der Waals surface area contributed by atoms with E-state index in [2.05, 4.69) is 9.99 Å². The summed E-state index contributed by atoms with van der Waals surface area (Å²) in [6.45, 7) is 2.80. The maximum Gasteiger partial charge on any atom is 0.324 e. The fourth-order valence-corrected chi connectivity index (χ4v) is 5.96. The molecule has 224 valence electrons. The van der Waals surface area contributed by atoms with Crippen molar-refractivity contribution in [3.8, 4) is 0 Å². The first kappa shape index (κ1) is 30.1. The maximum atomic E-state index is 13.1. The molecular weight excluding hydrogens is 564 g/mol. The third-order valence-corrected chi connectivity index (χ3v) is 8.41. The summed E-state index contributed by atoms with van der Waals surface area (Å²) in [5.74, 6) is 0.860. The third kappa shape index (κ3) is 6.35. The quantitative estimate of drug-likeness (QED) is 0.207. The molecule has 0 radical (unpaired) electrons. The molecule has 3 aromatic carbocycles. The largest absolute Gasteiger partial charge is 0.384 e. The van der Waals surface area contributed by atoms with Crippen molar-refractivity contribution in [3.63, 3.8) is 0 Å². The van der Waals surface area contributed by atoms with E-state index in [1.807, 2.05) is 94.7 Å². The van der Waals surface area contributed by atoms with Crippen LogP contribution in [0.5, 0.6) is 0 Å². The highest BCUT2D eigenvalue weighted by atomic mass is 35.5. The standard InChI is InChI=1S/C32H36N8O2.ClH/c1-37-28-13-12-24(21-27(28)35-29(37)14-9-22-7-10-23(11-8-22)30(33)34)31(41)36-38-17-15-26(16-18-38)40-20-19-39(32(40)42)25-5-3-2-4-6-25;/h2-8,10-13,21,26H,9,14-20H2,1H3,(H3,33,34)(H,36,41);1H. The zero-order valence-electron chi connectivity index (χ0n) is 24.2. The number of amides is 3. The Kier molecular flexibility index (Phi) is 8.98. The first-order chi connectivity index (χ1) is 20.4. The number of carbonyl (C=O) groups excluding carboxylic acids is 2. The van der Waals surface area contributed by atoms with Crippen LogP contribution in [0.2, 0.25) is 0 Å². The van der Waals surface area contributed by atoms with Crippen LogP contribution in [-0.2, 0) is 19.9 Å². The number of piperidine rings is 1. The van der Waals surface area contributed by atoms with Gasteiger partial charge in [-0.3, -0.25) is 20.5 Å². The van der Waals surface area contributed by atoms with E-state index < -0.39 is 0 Å². The number of aromatic nitrogens is 2. The maximum absolute atomic E-state index is 13.1. The van der Waals surface area contributed by atoms with Gasteiger partial charge in [0.25, 0.3) is 5.91 Å². The van der Waals surface area contributed by atoms with E-state index in [0.717, 1.165) is 60.3 Å². The number of hydrogen-bond acceptors (Lipinski definition) is 5. The number of rotatable bonds is 8. The Morgan fingerprint density at radius 1 is 0.953 bits per heavy atom. The van der Waals surface area contributed by atoms with Crippen LogP contribution in [0, 0.1) is 5.41 Å².